The van der Waals surface area contributed by atoms with Gasteiger partial charge in [0.15, 0.2) is 11.6 Å². The Morgan fingerprint density at radius 3 is 3.31 bits per heavy atom. The molecule has 16 heavy (non-hydrogen) atoms. The number of ether oxygens (including phenoxy) is 1. The van der Waals surface area contributed by atoms with Crippen LogP contribution in [0.4, 0.5) is 5.82 Å². The molecule has 0 amide bonds. The van der Waals surface area contributed by atoms with E-state index in [0.29, 0.717) is 12.0 Å². The van der Waals surface area contributed by atoms with E-state index in [4.69, 9.17) is 4.74 Å². The molecule has 3 heterocycles. The fraction of sp³-hybridized carbons (Fsp3) is 0.583. The van der Waals surface area contributed by atoms with Gasteiger partial charge in [-0.25, -0.2) is 4.98 Å². The molecule has 1 aromatic heterocycles. The van der Waals surface area contributed by atoms with Crippen LogP contribution in [-0.2, 0) is 0 Å². The highest BCUT2D eigenvalue weighted by Gasteiger charge is 2.37. The van der Waals surface area contributed by atoms with Crippen molar-refractivity contribution >= 4 is 5.82 Å². The summed E-state index contributed by atoms with van der Waals surface area (Å²) in [6, 6.07) is 2.36. The number of aliphatic hydroxyl groups excluding tert-OH is 1. The van der Waals surface area contributed by atoms with Crippen LogP contribution in [0.3, 0.4) is 0 Å². The molecule has 0 saturated carbocycles. The van der Waals surface area contributed by atoms with E-state index >= 15 is 0 Å². The molecule has 1 aromatic rings. The maximum absolute atomic E-state index is 9.23. The summed E-state index contributed by atoms with van der Waals surface area (Å²) in [4.78, 5) is 6.70. The number of anilines is 1. The Bertz CT molecular complexity index is 408. The van der Waals surface area contributed by atoms with E-state index < -0.39 is 0 Å². The lowest BCUT2D eigenvalue weighted by Gasteiger charge is -2.32. The van der Waals surface area contributed by atoms with Crippen molar-refractivity contribution in [1.82, 2.24) is 4.98 Å². The summed E-state index contributed by atoms with van der Waals surface area (Å²) in [6.07, 6.45) is 2.83. The molecular formula is C12H16N2O2. The molecular weight excluding hydrogens is 204 g/mol. The molecule has 0 bridgehead atoms. The van der Waals surface area contributed by atoms with Gasteiger partial charge in [0.1, 0.15) is 6.61 Å². The van der Waals surface area contributed by atoms with E-state index in [1.54, 1.807) is 0 Å². The first-order valence-electron chi connectivity index (χ1n) is 5.75. The molecule has 0 aromatic carbocycles. The summed E-state index contributed by atoms with van der Waals surface area (Å²) < 4.78 is 5.78. The zero-order valence-corrected chi connectivity index (χ0v) is 9.39. The van der Waals surface area contributed by atoms with Gasteiger partial charge in [-0.1, -0.05) is 0 Å². The quantitative estimate of drug-likeness (QED) is 0.766. The number of aromatic nitrogens is 1. The number of nitrogens with zero attached hydrogens (tertiary/aromatic N) is 2. The summed E-state index contributed by atoms with van der Waals surface area (Å²) in [7, 11) is 0. The van der Waals surface area contributed by atoms with Crippen LogP contribution in [-0.4, -0.2) is 35.9 Å². The van der Waals surface area contributed by atoms with Crippen molar-refractivity contribution in [2.75, 3.05) is 24.7 Å². The number of aryl methyl sites for hydroxylation is 1. The van der Waals surface area contributed by atoms with Crippen LogP contribution in [0.5, 0.6) is 5.75 Å². The third-order valence-corrected chi connectivity index (χ3v) is 3.53. The van der Waals surface area contributed by atoms with Crippen molar-refractivity contribution in [3.05, 3.63) is 17.8 Å². The molecule has 1 N–H and O–H groups in total. The van der Waals surface area contributed by atoms with Gasteiger partial charge in [-0.15, -0.1) is 0 Å². The molecule has 0 unspecified atom stereocenters. The molecule has 1 saturated heterocycles. The largest absolute Gasteiger partial charge is 0.487 e. The van der Waals surface area contributed by atoms with Gasteiger partial charge in [0.05, 0.1) is 6.04 Å². The predicted molar refractivity (Wildman–Crippen MR) is 60.8 cm³/mol. The Balaban J connectivity index is 1.97. The van der Waals surface area contributed by atoms with E-state index in [9.17, 15) is 5.11 Å². The topological polar surface area (TPSA) is 45.6 Å². The zero-order chi connectivity index (χ0) is 11.1. The van der Waals surface area contributed by atoms with Crippen LogP contribution in [0.15, 0.2) is 12.3 Å². The van der Waals surface area contributed by atoms with E-state index in [-0.39, 0.29) is 6.61 Å². The summed E-state index contributed by atoms with van der Waals surface area (Å²) in [6.45, 7) is 3.92. The molecule has 4 heteroatoms. The maximum Gasteiger partial charge on any atom is 0.172 e. The Morgan fingerprint density at radius 1 is 1.62 bits per heavy atom. The predicted octanol–water partition coefficient (Wildman–Crippen LogP) is 0.970. The van der Waals surface area contributed by atoms with Crippen LogP contribution >= 0.6 is 0 Å². The normalized spacial score (nSPS) is 27.2. The van der Waals surface area contributed by atoms with Crippen molar-refractivity contribution in [3.63, 3.8) is 0 Å². The summed E-state index contributed by atoms with van der Waals surface area (Å²) in [5.74, 6) is 2.23. The second-order valence-electron chi connectivity index (χ2n) is 4.68. The zero-order valence-electron chi connectivity index (χ0n) is 9.39. The number of hydrogen-bond donors (Lipinski definition) is 1. The third kappa shape index (κ3) is 1.37. The molecule has 0 aliphatic carbocycles. The third-order valence-electron chi connectivity index (χ3n) is 3.53. The lowest BCUT2D eigenvalue weighted by atomic mass is 10.1. The summed E-state index contributed by atoms with van der Waals surface area (Å²) in [5.41, 5.74) is 1.14. The maximum atomic E-state index is 9.23. The van der Waals surface area contributed by atoms with Crippen molar-refractivity contribution in [2.45, 2.75) is 19.4 Å². The first-order chi connectivity index (χ1) is 7.79. The fourth-order valence-electron chi connectivity index (χ4n) is 2.66. The highest BCUT2D eigenvalue weighted by atomic mass is 16.5. The van der Waals surface area contributed by atoms with E-state index in [1.807, 2.05) is 19.2 Å². The molecule has 3 rings (SSSR count). The standard InChI is InChI=1S/C12H16N2O2/c1-8-2-3-13-12-11(8)16-7-10-4-9(6-15)5-14(10)12/h2-3,9-10,15H,4-7H2,1H3/t9-,10-/m0/s1. The van der Waals surface area contributed by atoms with Gasteiger partial charge in [-0.05, 0) is 25.0 Å². The van der Waals surface area contributed by atoms with Gasteiger partial charge in [-0.3, -0.25) is 0 Å². The SMILES string of the molecule is Cc1ccnc2c1OC[C@@H]1C[C@H](CO)CN21. The molecule has 86 valence electrons. The van der Waals surface area contributed by atoms with Gasteiger partial charge >= 0.3 is 0 Å². The van der Waals surface area contributed by atoms with E-state index in [1.165, 1.54) is 0 Å². The second-order valence-corrected chi connectivity index (χ2v) is 4.68. The van der Waals surface area contributed by atoms with Gasteiger partial charge < -0.3 is 14.7 Å². The average molecular weight is 220 g/mol. The number of hydrogen-bond acceptors (Lipinski definition) is 4. The Hall–Kier alpha value is -1.29. The van der Waals surface area contributed by atoms with Gasteiger partial charge in [0, 0.05) is 25.3 Å². The summed E-state index contributed by atoms with van der Waals surface area (Å²) in [5, 5.41) is 9.23. The molecule has 1 fully saturated rings. The monoisotopic (exact) mass is 220 g/mol. The lowest BCUT2D eigenvalue weighted by Crippen LogP contribution is -2.39. The molecule has 4 nitrogen and oxygen atoms in total. The van der Waals surface area contributed by atoms with Gasteiger partial charge in [-0.2, -0.15) is 0 Å². The van der Waals surface area contributed by atoms with Crippen LogP contribution in [0.25, 0.3) is 0 Å². The Morgan fingerprint density at radius 2 is 2.50 bits per heavy atom. The van der Waals surface area contributed by atoms with Gasteiger partial charge in [0.25, 0.3) is 0 Å². The smallest absolute Gasteiger partial charge is 0.172 e. The minimum absolute atomic E-state index is 0.258. The van der Waals surface area contributed by atoms with Crippen LogP contribution in [0, 0.1) is 12.8 Å². The fourth-order valence-corrected chi connectivity index (χ4v) is 2.66. The minimum Gasteiger partial charge on any atom is -0.487 e. The average Bonchev–Trinajstić information content (AvgIpc) is 2.72. The molecule has 2 atom stereocenters. The molecule has 0 spiro atoms. The number of fused-ring (bicyclic) bond motifs is 3. The Labute approximate surface area is 94.9 Å². The van der Waals surface area contributed by atoms with Crippen molar-refractivity contribution in [1.29, 1.82) is 0 Å². The Kier molecular flexibility index (Phi) is 2.24. The minimum atomic E-state index is 0.258. The number of rotatable bonds is 1. The summed E-state index contributed by atoms with van der Waals surface area (Å²) >= 11 is 0. The second kappa shape index (κ2) is 3.63. The highest BCUT2D eigenvalue weighted by Crippen LogP contribution is 2.39. The van der Waals surface area contributed by atoms with Crippen LogP contribution < -0.4 is 9.64 Å². The highest BCUT2D eigenvalue weighted by molar-refractivity contribution is 5.59. The van der Waals surface area contributed by atoms with Gasteiger partial charge in [0.2, 0.25) is 0 Å². The molecule has 2 aliphatic heterocycles. The first kappa shape index (κ1) is 9.90. The lowest BCUT2D eigenvalue weighted by molar-refractivity contribution is 0.227. The van der Waals surface area contributed by atoms with Crippen LogP contribution in [0.1, 0.15) is 12.0 Å². The molecule has 2 aliphatic rings. The van der Waals surface area contributed by atoms with Crippen molar-refractivity contribution < 1.29 is 9.84 Å². The number of aliphatic hydroxyl groups is 1. The van der Waals surface area contributed by atoms with E-state index in [2.05, 4.69) is 9.88 Å². The first-order valence-corrected chi connectivity index (χ1v) is 5.75. The molecule has 0 radical (unpaired) electrons. The van der Waals surface area contributed by atoms with Crippen molar-refractivity contribution in [2.24, 2.45) is 5.92 Å². The van der Waals surface area contributed by atoms with Crippen LogP contribution in [0.2, 0.25) is 0 Å². The van der Waals surface area contributed by atoms with Crippen molar-refractivity contribution in [3.8, 4) is 5.75 Å². The number of pyridine rings is 1. The van der Waals surface area contributed by atoms with E-state index in [0.717, 1.165) is 36.7 Å².